The van der Waals surface area contributed by atoms with Crippen molar-refractivity contribution in [1.29, 1.82) is 0 Å². The molecule has 1 N–H and O–H groups in total. The minimum absolute atomic E-state index is 0.00672. The highest BCUT2D eigenvalue weighted by atomic mass is 35.5. The number of benzene rings is 2. The van der Waals surface area contributed by atoms with E-state index in [0.717, 1.165) is 0 Å². The third-order valence-electron chi connectivity index (χ3n) is 5.57. The van der Waals surface area contributed by atoms with E-state index in [1.807, 2.05) is 0 Å². The fourth-order valence-corrected chi connectivity index (χ4v) is 3.94. The van der Waals surface area contributed by atoms with E-state index in [0.29, 0.717) is 60.9 Å². The second kappa shape index (κ2) is 11.5. The minimum Gasteiger partial charge on any atom is -0.493 e. The quantitative estimate of drug-likeness (QED) is 0.416. The maximum Gasteiger partial charge on any atom is 0.248 e. The van der Waals surface area contributed by atoms with Crippen LogP contribution in [0.1, 0.15) is 6.42 Å². The summed E-state index contributed by atoms with van der Waals surface area (Å²) < 4.78 is 36.4. The van der Waals surface area contributed by atoms with E-state index in [1.165, 1.54) is 19.5 Å². The molecule has 4 rings (SSSR count). The number of likely N-dealkylation sites (tertiary alicyclic amines) is 1. The second-order valence-electron chi connectivity index (χ2n) is 7.88. The summed E-state index contributed by atoms with van der Waals surface area (Å²) in [6, 6.07) is 8.16. The lowest BCUT2D eigenvalue weighted by Gasteiger charge is -2.19. The van der Waals surface area contributed by atoms with Crippen LogP contribution in [-0.4, -0.2) is 74.0 Å². The van der Waals surface area contributed by atoms with Crippen LogP contribution in [0.25, 0.3) is 10.9 Å². The van der Waals surface area contributed by atoms with Crippen molar-refractivity contribution < 1.29 is 28.1 Å². The Balaban J connectivity index is 1.49. The van der Waals surface area contributed by atoms with Gasteiger partial charge in [-0.05, 0) is 18.2 Å². The Kier molecular flexibility index (Phi) is 8.17. The van der Waals surface area contributed by atoms with Crippen molar-refractivity contribution in [2.24, 2.45) is 0 Å². The predicted octanol–water partition coefficient (Wildman–Crippen LogP) is 3.82. The highest BCUT2D eigenvalue weighted by Crippen LogP contribution is 2.36. The summed E-state index contributed by atoms with van der Waals surface area (Å²) >= 11 is 5.89. The number of halogens is 2. The Morgan fingerprint density at radius 1 is 1.23 bits per heavy atom. The first-order valence-corrected chi connectivity index (χ1v) is 11.4. The van der Waals surface area contributed by atoms with Gasteiger partial charge in [-0.15, -0.1) is 0 Å². The predicted molar refractivity (Wildman–Crippen MR) is 129 cm³/mol. The number of amides is 1. The van der Waals surface area contributed by atoms with Crippen molar-refractivity contribution in [3.05, 3.63) is 47.5 Å². The lowest BCUT2D eigenvalue weighted by molar-refractivity contribution is -0.135. The fraction of sp³-hybridized carbons (Fsp3) is 0.375. The molecule has 2 aromatic carbocycles. The zero-order valence-electron chi connectivity index (χ0n) is 19.4. The summed E-state index contributed by atoms with van der Waals surface area (Å²) in [6.07, 6.45) is 1.85. The molecule has 1 atom stereocenters. The van der Waals surface area contributed by atoms with Gasteiger partial charge < -0.3 is 29.2 Å². The molecule has 1 saturated heterocycles. The van der Waals surface area contributed by atoms with Crippen molar-refractivity contribution in [1.82, 2.24) is 14.9 Å². The maximum absolute atomic E-state index is 14.4. The first-order valence-electron chi connectivity index (χ1n) is 11.0. The summed E-state index contributed by atoms with van der Waals surface area (Å²) in [4.78, 5) is 22.7. The van der Waals surface area contributed by atoms with Crippen LogP contribution in [0.4, 0.5) is 15.9 Å². The van der Waals surface area contributed by atoms with Gasteiger partial charge in [0.05, 0.1) is 43.1 Å². The first-order chi connectivity index (χ1) is 17.0. The Morgan fingerprint density at radius 2 is 2.09 bits per heavy atom. The van der Waals surface area contributed by atoms with E-state index in [4.69, 9.17) is 30.5 Å². The van der Waals surface area contributed by atoms with Crippen molar-refractivity contribution in [3.8, 4) is 11.5 Å². The molecule has 35 heavy (non-hydrogen) atoms. The van der Waals surface area contributed by atoms with Crippen molar-refractivity contribution in [2.75, 3.05) is 52.4 Å². The summed E-state index contributed by atoms with van der Waals surface area (Å²) in [5.41, 5.74) is 0.775. The smallest absolute Gasteiger partial charge is 0.248 e. The summed E-state index contributed by atoms with van der Waals surface area (Å²) in [5.74, 6) is 0.697. The largest absolute Gasteiger partial charge is 0.493 e. The number of hydrogen-bond donors (Lipinski definition) is 1. The number of nitrogens with zero attached hydrogens (tertiary/aromatic N) is 3. The van der Waals surface area contributed by atoms with E-state index in [1.54, 1.807) is 36.3 Å². The molecular formula is C24H26ClFN4O5. The number of methoxy groups -OCH3 is 2. The third-order valence-corrected chi connectivity index (χ3v) is 5.87. The van der Waals surface area contributed by atoms with Gasteiger partial charge in [0.1, 0.15) is 24.9 Å². The van der Waals surface area contributed by atoms with Crippen LogP contribution in [0.5, 0.6) is 11.5 Å². The van der Waals surface area contributed by atoms with Crippen molar-refractivity contribution in [3.63, 3.8) is 0 Å². The number of fused-ring (bicyclic) bond motifs is 1. The third kappa shape index (κ3) is 5.90. The van der Waals surface area contributed by atoms with Gasteiger partial charge in [0.25, 0.3) is 0 Å². The molecule has 0 bridgehead atoms. The number of ether oxygens (including phenoxy) is 4. The SMILES string of the molecule is COCCOCC(=O)N1CC[C@@H](Oc2cc3ncnc(Nc4cccc(Cl)c4F)c3cc2OC)C1. The van der Waals surface area contributed by atoms with Gasteiger partial charge in [-0.25, -0.2) is 14.4 Å². The van der Waals surface area contributed by atoms with Crippen LogP contribution in [0, 0.1) is 5.82 Å². The van der Waals surface area contributed by atoms with Crippen molar-refractivity contribution >= 4 is 39.9 Å². The molecule has 1 amide bonds. The highest BCUT2D eigenvalue weighted by Gasteiger charge is 2.28. The van der Waals surface area contributed by atoms with Crippen LogP contribution in [0.2, 0.25) is 5.02 Å². The molecular weight excluding hydrogens is 479 g/mol. The molecule has 0 aliphatic carbocycles. The molecule has 0 spiro atoms. The molecule has 0 radical (unpaired) electrons. The normalized spacial score (nSPS) is 15.4. The Morgan fingerprint density at radius 3 is 2.89 bits per heavy atom. The Labute approximate surface area is 207 Å². The van der Waals surface area contributed by atoms with E-state index in [9.17, 15) is 9.18 Å². The molecule has 0 unspecified atom stereocenters. The van der Waals surface area contributed by atoms with Gasteiger partial charge in [-0.3, -0.25) is 4.79 Å². The van der Waals surface area contributed by atoms with Gasteiger partial charge in [0.15, 0.2) is 17.3 Å². The molecule has 3 aromatic rings. The highest BCUT2D eigenvalue weighted by molar-refractivity contribution is 6.31. The van der Waals surface area contributed by atoms with Gasteiger partial charge in [-0.1, -0.05) is 17.7 Å². The fourth-order valence-electron chi connectivity index (χ4n) is 3.77. The van der Waals surface area contributed by atoms with E-state index in [-0.39, 0.29) is 29.3 Å². The number of nitrogens with one attached hydrogen (secondary N) is 1. The summed E-state index contributed by atoms with van der Waals surface area (Å²) in [5, 5.41) is 3.60. The molecule has 11 heteroatoms. The van der Waals surface area contributed by atoms with Gasteiger partial charge in [0, 0.05) is 31.5 Å². The second-order valence-corrected chi connectivity index (χ2v) is 8.29. The number of rotatable bonds is 10. The standard InChI is InChI=1S/C24H26ClFN4O5/c1-32-8-9-34-13-22(31)30-7-6-15(12-30)35-21-11-19-16(10-20(21)33-2)24(28-14-27-19)29-18-5-3-4-17(25)23(18)26/h3-5,10-11,14-15H,6-9,12-13H2,1-2H3,(H,27,28,29)/t15-/m1/s1. The molecule has 0 saturated carbocycles. The lowest BCUT2D eigenvalue weighted by Crippen LogP contribution is -2.34. The van der Waals surface area contributed by atoms with Gasteiger partial charge >= 0.3 is 0 Å². The van der Waals surface area contributed by atoms with E-state index >= 15 is 0 Å². The zero-order valence-corrected chi connectivity index (χ0v) is 20.2. The van der Waals surface area contributed by atoms with Crippen LogP contribution >= 0.6 is 11.6 Å². The van der Waals surface area contributed by atoms with E-state index in [2.05, 4.69) is 15.3 Å². The summed E-state index contributed by atoms with van der Waals surface area (Å²) in [6.45, 7) is 1.84. The van der Waals surface area contributed by atoms with Gasteiger partial charge in [0.2, 0.25) is 5.91 Å². The van der Waals surface area contributed by atoms with Crippen molar-refractivity contribution in [2.45, 2.75) is 12.5 Å². The van der Waals surface area contributed by atoms with Crippen LogP contribution in [0.3, 0.4) is 0 Å². The average Bonchev–Trinajstić information content (AvgIpc) is 3.33. The number of aromatic nitrogens is 2. The molecule has 2 heterocycles. The first kappa shape index (κ1) is 24.9. The molecule has 186 valence electrons. The summed E-state index contributed by atoms with van der Waals surface area (Å²) in [7, 11) is 3.11. The molecule has 1 aliphatic heterocycles. The van der Waals surface area contributed by atoms with Crippen LogP contribution in [0.15, 0.2) is 36.7 Å². The van der Waals surface area contributed by atoms with Crippen LogP contribution < -0.4 is 14.8 Å². The number of hydrogen-bond acceptors (Lipinski definition) is 8. The average molecular weight is 505 g/mol. The topological polar surface area (TPSA) is 95.0 Å². The molecule has 1 fully saturated rings. The Bertz CT molecular complexity index is 1200. The molecule has 9 nitrogen and oxygen atoms in total. The number of carbonyl (C=O) groups is 1. The number of carbonyl (C=O) groups excluding carboxylic acids is 1. The molecule has 1 aliphatic rings. The molecule has 1 aromatic heterocycles. The minimum atomic E-state index is -0.572. The van der Waals surface area contributed by atoms with Gasteiger partial charge in [-0.2, -0.15) is 0 Å². The monoisotopic (exact) mass is 504 g/mol. The maximum atomic E-state index is 14.4. The number of anilines is 2. The zero-order chi connectivity index (χ0) is 24.8. The Hall–Kier alpha value is -3.21. The van der Waals surface area contributed by atoms with E-state index < -0.39 is 5.82 Å². The van der Waals surface area contributed by atoms with Crippen LogP contribution in [-0.2, 0) is 14.3 Å². The lowest BCUT2D eigenvalue weighted by atomic mass is 10.2.